The number of hydrogen-bond donors (Lipinski definition) is 3. The first-order chi connectivity index (χ1) is 35.2. The van der Waals surface area contributed by atoms with Crippen LogP contribution in [0.4, 0.5) is 0 Å². The van der Waals surface area contributed by atoms with E-state index in [4.69, 9.17) is 0 Å². The molecule has 0 aromatic heterocycles. The van der Waals surface area contributed by atoms with Crippen LogP contribution in [0.5, 0.6) is 0 Å². The number of aliphatic hydroxyl groups is 2. The van der Waals surface area contributed by atoms with Crippen molar-refractivity contribution in [2.45, 2.75) is 366 Å². The summed E-state index contributed by atoms with van der Waals surface area (Å²) in [6, 6.07) is -0.646. The van der Waals surface area contributed by atoms with Crippen molar-refractivity contribution in [1.29, 1.82) is 0 Å². The van der Waals surface area contributed by atoms with Gasteiger partial charge in [-0.3, -0.25) is 4.79 Å². The van der Waals surface area contributed by atoms with Gasteiger partial charge in [-0.15, -0.1) is 0 Å². The van der Waals surface area contributed by atoms with Gasteiger partial charge in [0.25, 0.3) is 0 Å². The lowest BCUT2D eigenvalue weighted by molar-refractivity contribution is -0.123. The fourth-order valence-corrected chi connectivity index (χ4v) is 10.1. The Morgan fingerprint density at radius 2 is 0.549 bits per heavy atom. The minimum Gasteiger partial charge on any atom is -0.394 e. The maximum Gasteiger partial charge on any atom is 0.220 e. The van der Waals surface area contributed by atoms with Crippen LogP contribution in [0.15, 0.2) is 48.6 Å². The third-order valence-corrected chi connectivity index (χ3v) is 15.0. The molecule has 1 amide bonds. The molecule has 0 radical (unpaired) electrons. The molecule has 0 aliphatic heterocycles. The number of unbranched alkanes of at least 4 members (excludes halogenated alkanes) is 47. The summed E-state index contributed by atoms with van der Waals surface area (Å²) in [6.07, 6.45) is 87.5. The topological polar surface area (TPSA) is 69.6 Å². The molecule has 71 heavy (non-hydrogen) atoms. The summed E-state index contributed by atoms with van der Waals surface area (Å²) in [6.45, 7) is 4.33. The van der Waals surface area contributed by atoms with Gasteiger partial charge < -0.3 is 15.5 Å². The molecule has 0 heterocycles. The van der Waals surface area contributed by atoms with E-state index in [1.807, 2.05) is 6.08 Å². The first-order valence-corrected chi connectivity index (χ1v) is 32.4. The van der Waals surface area contributed by atoms with Crippen LogP contribution in [0.25, 0.3) is 0 Å². The maximum atomic E-state index is 12.5. The van der Waals surface area contributed by atoms with Crippen molar-refractivity contribution >= 4 is 5.91 Å². The lowest BCUT2D eigenvalue weighted by atomic mass is 10.0. The number of amides is 1. The zero-order valence-electron chi connectivity index (χ0n) is 48.3. The van der Waals surface area contributed by atoms with E-state index in [9.17, 15) is 15.0 Å². The number of rotatable bonds is 60. The Morgan fingerprint density at radius 1 is 0.324 bits per heavy atom. The lowest BCUT2D eigenvalue weighted by Gasteiger charge is -2.19. The van der Waals surface area contributed by atoms with Crippen molar-refractivity contribution in [1.82, 2.24) is 5.32 Å². The first-order valence-electron chi connectivity index (χ1n) is 32.4. The molecule has 0 fully saturated rings. The summed E-state index contributed by atoms with van der Waals surface area (Å²) in [4.78, 5) is 12.5. The van der Waals surface area contributed by atoms with Crippen molar-refractivity contribution in [3.8, 4) is 0 Å². The number of aliphatic hydroxyl groups excluding tert-OH is 2. The second kappa shape index (κ2) is 62.6. The summed E-state index contributed by atoms with van der Waals surface area (Å²) < 4.78 is 0. The molecule has 4 heteroatoms. The van der Waals surface area contributed by atoms with Gasteiger partial charge in [0.2, 0.25) is 5.91 Å². The van der Waals surface area contributed by atoms with Crippen LogP contribution in [0.2, 0.25) is 0 Å². The van der Waals surface area contributed by atoms with Crippen LogP contribution in [0, 0.1) is 0 Å². The Labute approximate surface area is 445 Å². The summed E-state index contributed by atoms with van der Waals surface area (Å²) in [5.74, 6) is -0.0717. The Balaban J connectivity index is 3.48. The maximum absolute atomic E-state index is 12.5. The van der Waals surface area contributed by atoms with Crippen molar-refractivity contribution in [2.75, 3.05) is 6.61 Å². The van der Waals surface area contributed by atoms with Crippen LogP contribution in [0.1, 0.15) is 354 Å². The van der Waals surface area contributed by atoms with E-state index in [1.165, 1.54) is 295 Å². The minimum atomic E-state index is -0.871. The third kappa shape index (κ3) is 59.1. The highest BCUT2D eigenvalue weighted by Crippen LogP contribution is 2.18. The van der Waals surface area contributed by atoms with Gasteiger partial charge in [-0.25, -0.2) is 0 Å². The van der Waals surface area contributed by atoms with E-state index in [1.54, 1.807) is 6.08 Å². The van der Waals surface area contributed by atoms with Crippen LogP contribution in [-0.2, 0) is 4.79 Å². The van der Waals surface area contributed by atoms with Gasteiger partial charge in [-0.1, -0.05) is 326 Å². The molecule has 418 valence electrons. The van der Waals surface area contributed by atoms with Crippen molar-refractivity contribution in [3.63, 3.8) is 0 Å². The quantitative estimate of drug-likeness (QED) is 0.0420. The van der Waals surface area contributed by atoms with Crippen LogP contribution >= 0.6 is 0 Å². The fraction of sp³-hybridized carbons (Fsp3) is 0.866. The van der Waals surface area contributed by atoms with Gasteiger partial charge in [-0.05, 0) is 70.6 Å². The highest BCUT2D eigenvalue weighted by atomic mass is 16.3. The second-order valence-corrected chi connectivity index (χ2v) is 22.2. The summed E-state index contributed by atoms with van der Waals surface area (Å²) in [5, 5.41) is 23.2. The molecular weight excluding hydrogens is 867 g/mol. The summed E-state index contributed by atoms with van der Waals surface area (Å²) >= 11 is 0. The van der Waals surface area contributed by atoms with Gasteiger partial charge in [0, 0.05) is 6.42 Å². The molecule has 0 bridgehead atoms. The molecule has 4 nitrogen and oxygen atoms in total. The van der Waals surface area contributed by atoms with E-state index in [-0.39, 0.29) is 12.5 Å². The van der Waals surface area contributed by atoms with Crippen molar-refractivity contribution in [3.05, 3.63) is 48.6 Å². The largest absolute Gasteiger partial charge is 0.394 e. The minimum absolute atomic E-state index is 0.0717. The van der Waals surface area contributed by atoms with Gasteiger partial charge in [0.05, 0.1) is 18.8 Å². The summed E-state index contributed by atoms with van der Waals surface area (Å²) in [5.41, 5.74) is 0. The molecule has 0 aliphatic rings. The van der Waals surface area contributed by atoms with Crippen LogP contribution < -0.4 is 5.32 Å². The molecular formula is C67H127NO3. The third-order valence-electron chi connectivity index (χ3n) is 15.0. The van der Waals surface area contributed by atoms with Crippen molar-refractivity contribution < 1.29 is 15.0 Å². The van der Waals surface area contributed by atoms with Gasteiger partial charge >= 0.3 is 0 Å². The highest BCUT2D eigenvalue weighted by Gasteiger charge is 2.18. The molecule has 0 aliphatic carbocycles. The fourth-order valence-electron chi connectivity index (χ4n) is 10.1. The Hall–Kier alpha value is -1.65. The first kappa shape index (κ1) is 69.3. The average molecular weight is 995 g/mol. The molecule has 0 spiro atoms. The molecule has 2 unspecified atom stereocenters. The van der Waals surface area contributed by atoms with Gasteiger partial charge in [0.15, 0.2) is 0 Å². The molecule has 0 aromatic rings. The van der Waals surface area contributed by atoms with E-state index < -0.39 is 12.1 Å². The smallest absolute Gasteiger partial charge is 0.220 e. The number of carbonyl (C=O) groups is 1. The highest BCUT2D eigenvalue weighted by molar-refractivity contribution is 5.76. The molecule has 0 rings (SSSR count). The second-order valence-electron chi connectivity index (χ2n) is 22.2. The Bertz CT molecular complexity index is 1130. The van der Waals surface area contributed by atoms with Crippen LogP contribution in [0.3, 0.4) is 0 Å². The van der Waals surface area contributed by atoms with E-state index in [0.717, 1.165) is 38.5 Å². The lowest BCUT2D eigenvalue weighted by Crippen LogP contribution is -2.45. The van der Waals surface area contributed by atoms with Gasteiger partial charge in [0.1, 0.15) is 0 Å². The normalized spacial score (nSPS) is 13.0. The monoisotopic (exact) mass is 994 g/mol. The summed E-state index contributed by atoms with van der Waals surface area (Å²) in [7, 11) is 0. The number of allylic oxidation sites excluding steroid dienone is 7. The SMILES string of the molecule is CCCCCCCCCC/C=C\CCCCCCCCCCCCCCCCCCCCCCCC(=O)NC(CO)C(O)/C=C/CC/C=C/CC/C=C/CCCCCCCCCCCCCCCCCC. The number of carbonyl (C=O) groups excluding carboxylic acids is 1. The Morgan fingerprint density at radius 3 is 0.817 bits per heavy atom. The number of nitrogens with one attached hydrogen (secondary N) is 1. The molecule has 0 saturated heterocycles. The van der Waals surface area contributed by atoms with Crippen molar-refractivity contribution in [2.24, 2.45) is 0 Å². The van der Waals surface area contributed by atoms with Crippen LogP contribution in [-0.4, -0.2) is 34.9 Å². The molecule has 2 atom stereocenters. The van der Waals surface area contributed by atoms with E-state index >= 15 is 0 Å². The zero-order chi connectivity index (χ0) is 51.3. The predicted octanol–water partition coefficient (Wildman–Crippen LogP) is 21.8. The molecule has 0 saturated carbocycles. The number of hydrogen-bond acceptors (Lipinski definition) is 3. The Kier molecular flexibility index (Phi) is 61.2. The predicted molar refractivity (Wildman–Crippen MR) is 318 cm³/mol. The zero-order valence-corrected chi connectivity index (χ0v) is 48.3. The van der Waals surface area contributed by atoms with Gasteiger partial charge in [-0.2, -0.15) is 0 Å². The standard InChI is InChI=1S/C67H127NO3/c1-3-5-7-9-11-13-15-17-19-21-23-25-27-29-31-32-33-34-35-36-37-39-41-43-45-47-49-51-53-55-57-59-61-63-67(71)68-65(64-69)66(70)62-60-58-56-54-52-50-48-46-44-42-40-38-30-28-26-24-22-20-18-16-14-12-10-8-6-4-2/h21,23,44,46,52,54,60,62,65-66,69-70H,3-20,22,24-43,45,47-51,53,55-59,61,63-64H2,1-2H3,(H,68,71)/b23-21-,46-44+,54-52+,62-60+. The average Bonchev–Trinajstić information content (AvgIpc) is 3.37. The van der Waals surface area contributed by atoms with E-state index in [0.29, 0.717) is 6.42 Å². The molecule has 0 aromatic carbocycles. The molecule has 3 N–H and O–H groups in total. The van der Waals surface area contributed by atoms with E-state index in [2.05, 4.69) is 55.6 Å².